The maximum atomic E-state index is 12.1. The summed E-state index contributed by atoms with van der Waals surface area (Å²) in [6, 6.07) is 16.1. The van der Waals surface area contributed by atoms with Crippen LogP contribution in [0.15, 0.2) is 76.0 Å². The van der Waals surface area contributed by atoms with Crippen molar-refractivity contribution in [2.45, 2.75) is 4.90 Å². The molecule has 0 aliphatic rings. The first kappa shape index (κ1) is 19.6. The minimum Gasteiger partial charge on any atom is -0.493 e. The molecule has 144 valence electrons. The molecule has 1 heterocycles. The van der Waals surface area contributed by atoms with Crippen LogP contribution in [0, 0.1) is 0 Å². The molecule has 0 spiro atoms. The molecule has 0 amide bonds. The van der Waals surface area contributed by atoms with E-state index < -0.39 is 16.0 Å². The summed E-state index contributed by atoms with van der Waals surface area (Å²) >= 11 is 1.28. The van der Waals surface area contributed by atoms with Crippen molar-refractivity contribution >= 4 is 33.5 Å². The van der Waals surface area contributed by atoms with E-state index in [4.69, 9.17) is 9.47 Å². The lowest BCUT2D eigenvalue weighted by atomic mass is 10.2. The molecule has 0 fully saturated rings. The average molecular weight is 416 g/mol. The number of ether oxygens (including phenoxy) is 2. The summed E-state index contributed by atoms with van der Waals surface area (Å²) in [5.74, 6) is 0.0908. The van der Waals surface area contributed by atoms with Crippen LogP contribution in [0.3, 0.4) is 0 Å². The average Bonchev–Trinajstić information content (AvgIpc) is 3.24. The van der Waals surface area contributed by atoms with E-state index in [0.29, 0.717) is 16.2 Å². The minimum absolute atomic E-state index is 0.112. The Kier molecular flexibility index (Phi) is 6.07. The fraction of sp³-hybridized carbons (Fsp3) is 0.0526. The van der Waals surface area contributed by atoms with Crippen molar-refractivity contribution < 1.29 is 22.7 Å². The molecule has 0 saturated carbocycles. The fourth-order valence-corrected chi connectivity index (χ4v) is 3.63. The van der Waals surface area contributed by atoms with Gasteiger partial charge in [0.2, 0.25) is 0 Å². The van der Waals surface area contributed by atoms with Crippen LogP contribution in [0.5, 0.6) is 11.5 Å². The number of nitrogens with one attached hydrogen (secondary N) is 1. The second-order valence-electron chi connectivity index (χ2n) is 5.44. The van der Waals surface area contributed by atoms with Crippen LogP contribution >= 0.6 is 11.3 Å². The summed E-state index contributed by atoms with van der Waals surface area (Å²) < 4.78 is 34.8. The predicted octanol–water partition coefficient (Wildman–Crippen LogP) is 3.29. The number of benzene rings is 2. The van der Waals surface area contributed by atoms with Crippen molar-refractivity contribution in [3.63, 3.8) is 0 Å². The fourth-order valence-electron chi connectivity index (χ4n) is 2.22. The number of hydrogen-bond acceptors (Lipinski definition) is 7. The van der Waals surface area contributed by atoms with Gasteiger partial charge in [0.1, 0.15) is 4.88 Å². The molecule has 9 heteroatoms. The van der Waals surface area contributed by atoms with Gasteiger partial charge >= 0.3 is 5.97 Å². The molecule has 28 heavy (non-hydrogen) atoms. The molecule has 3 aromatic rings. The summed E-state index contributed by atoms with van der Waals surface area (Å²) in [4.78, 5) is 14.8. The van der Waals surface area contributed by atoms with E-state index in [1.165, 1.54) is 36.8 Å². The number of esters is 1. The molecule has 0 bridgehead atoms. The zero-order chi connectivity index (χ0) is 20.0. The third kappa shape index (κ3) is 4.76. The van der Waals surface area contributed by atoms with Crippen LogP contribution in [-0.2, 0) is 10.0 Å². The number of hydrazone groups is 1. The molecular weight excluding hydrogens is 400 g/mol. The molecule has 0 saturated heterocycles. The minimum atomic E-state index is -3.74. The van der Waals surface area contributed by atoms with Crippen molar-refractivity contribution in [1.82, 2.24) is 4.83 Å². The third-order valence-electron chi connectivity index (χ3n) is 3.55. The molecule has 3 rings (SSSR count). The number of hydrogen-bond donors (Lipinski definition) is 1. The molecule has 0 atom stereocenters. The molecule has 0 unspecified atom stereocenters. The molecular formula is C19H16N2O5S2. The third-order valence-corrected chi connectivity index (χ3v) is 5.64. The Labute approximate surface area is 166 Å². The topological polar surface area (TPSA) is 94.1 Å². The number of carbonyl (C=O) groups excluding carboxylic acids is 1. The standard InChI is InChI=1S/C19H16N2O5S2/c1-25-17-12-14(9-10-16(17)26-19(22)18-8-5-11-27-18)13-20-21-28(23,24)15-6-3-2-4-7-15/h2-13,21H,1H3/b20-13-. The monoisotopic (exact) mass is 416 g/mol. The summed E-state index contributed by atoms with van der Waals surface area (Å²) in [7, 11) is -2.30. The lowest BCUT2D eigenvalue weighted by Gasteiger charge is -2.09. The summed E-state index contributed by atoms with van der Waals surface area (Å²) in [6.07, 6.45) is 1.33. The smallest absolute Gasteiger partial charge is 0.353 e. The highest BCUT2D eigenvalue weighted by Crippen LogP contribution is 2.28. The summed E-state index contributed by atoms with van der Waals surface area (Å²) in [5.41, 5.74) is 0.559. The van der Waals surface area contributed by atoms with Crippen molar-refractivity contribution in [2.75, 3.05) is 7.11 Å². The van der Waals surface area contributed by atoms with E-state index in [9.17, 15) is 13.2 Å². The molecule has 7 nitrogen and oxygen atoms in total. The van der Waals surface area contributed by atoms with Gasteiger partial charge in [0, 0.05) is 0 Å². The Morgan fingerprint density at radius 2 is 1.86 bits per heavy atom. The van der Waals surface area contributed by atoms with Gasteiger partial charge < -0.3 is 9.47 Å². The van der Waals surface area contributed by atoms with E-state index in [0.717, 1.165) is 0 Å². The van der Waals surface area contributed by atoms with E-state index in [1.807, 2.05) is 0 Å². The lowest BCUT2D eigenvalue weighted by Crippen LogP contribution is -2.18. The predicted molar refractivity (Wildman–Crippen MR) is 107 cm³/mol. The highest BCUT2D eigenvalue weighted by molar-refractivity contribution is 7.89. The Balaban J connectivity index is 1.71. The van der Waals surface area contributed by atoms with E-state index in [-0.39, 0.29) is 10.6 Å². The normalized spacial score (nSPS) is 11.3. The summed E-state index contributed by atoms with van der Waals surface area (Å²) in [5, 5.41) is 5.55. The number of sulfonamides is 1. The maximum Gasteiger partial charge on any atom is 0.353 e. The summed E-state index contributed by atoms with van der Waals surface area (Å²) in [6.45, 7) is 0. The van der Waals surface area contributed by atoms with E-state index >= 15 is 0 Å². The van der Waals surface area contributed by atoms with Gasteiger partial charge in [0.05, 0.1) is 18.2 Å². The first-order valence-corrected chi connectivity index (χ1v) is 10.4. The first-order valence-electron chi connectivity index (χ1n) is 8.03. The van der Waals surface area contributed by atoms with Gasteiger partial charge in [0.25, 0.3) is 10.0 Å². The number of carbonyl (C=O) groups is 1. The van der Waals surface area contributed by atoms with Gasteiger partial charge in [-0.3, -0.25) is 0 Å². The molecule has 2 aromatic carbocycles. The van der Waals surface area contributed by atoms with Crippen LogP contribution in [0.2, 0.25) is 0 Å². The largest absolute Gasteiger partial charge is 0.493 e. The van der Waals surface area contributed by atoms with Crippen LogP contribution < -0.4 is 14.3 Å². The lowest BCUT2D eigenvalue weighted by molar-refractivity contribution is 0.0735. The second-order valence-corrected chi connectivity index (χ2v) is 8.05. The second kappa shape index (κ2) is 8.68. The van der Waals surface area contributed by atoms with Gasteiger partial charge in [-0.2, -0.15) is 13.5 Å². The Morgan fingerprint density at radius 1 is 1.07 bits per heavy atom. The molecule has 0 aliphatic carbocycles. The van der Waals surface area contributed by atoms with Crippen molar-refractivity contribution in [3.05, 3.63) is 76.5 Å². The van der Waals surface area contributed by atoms with Crippen molar-refractivity contribution in [3.8, 4) is 11.5 Å². The van der Waals surface area contributed by atoms with Crippen LogP contribution in [0.4, 0.5) is 0 Å². The first-order chi connectivity index (χ1) is 13.5. The van der Waals surface area contributed by atoms with Crippen molar-refractivity contribution in [1.29, 1.82) is 0 Å². The maximum absolute atomic E-state index is 12.1. The van der Waals surface area contributed by atoms with Gasteiger partial charge in [-0.05, 0) is 47.3 Å². The zero-order valence-electron chi connectivity index (χ0n) is 14.7. The Hall–Kier alpha value is -3.17. The molecule has 1 N–H and O–H groups in total. The van der Waals surface area contributed by atoms with E-state index in [2.05, 4.69) is 9.93 Å². The molecule has 0 radical (unpaired) electrons. The van der Waals surface area contributed by atoms with Crippen LogP contribution in [0.1, 0.15) is 15.2 Å². The van der Waals surface area contributed by atoms with Gasteiger partial charge in [0.15, 0.2) is 11.5 Å². The van der Waals surface area contributed by atoms with Crippen LogP contribution in [-0.4, -0.2) is 27.7 Å². The number of methoxy groups -OCH3 is 1. The molecule has 1 aromatic heterocycles. The van der Waals surface area contributed by atoms with Crippen LogP contribution in [0.25, 0.3) is 0 Å². The van der Waals surface area contributed by atoms with Gasteiger partial charge in [-0.1, -0.05) is 24.3 Å². The number of rotatable bonds is 7. The van der Waals surface area contributed by atoms with E-state index in [1.54, 1.807) is 53.9 Å². The van der Waals surface area contributed by atoms with Gasteiger partial charge in [-0.15, -0.1) is 11.3 Å². The Morgan fingerprint density at radius 3 is 2.54 bits per heavy atom. The highest BCUT2D eigenvalue weighted by Gasteiger charge is 2.14. The number of nitrogens with zero attached hydrogens (tertiary/aromatic N) is 1. The SMILES string of the molecule is COc1cc(/C=N\NS(=O)(=O)c2ccccc2)ccc1OC(=O)c1cccs1. The van der Waals surface area contributed by atoms with Gasteiger partial charge in [-0.25, -0.2) is 9.63 Å². The highest BCUT2D eigenvalue weighted by atomic mass is 32.2. The molecule has 0 aliphatic heterocycles. The Bertz CT molecular complexity index is 1080. The van der Waals surface area contributed by atoms with Crippen molar-refractivity contribution in [2.24, 2.45) is 5.10 Å². The zero-order valence-corrected chi connectivity index (χ0v) is 16.4. The number of thiophene rings is 1. The quantitative estimate of drug-likeness (QED) is 0.276.